The van der Waals surface area contributed by atoms with Crippen LogP contribution in [-0.2, 0) is 5.33 Å². The highest BCUT2D eigenvalue weighted by Crippen LogP contribution is 2.33. The van der Waals surface area contributed by atoms with Crippen LogP contribution in [0.3, 0.4) is 0 Å². The van der Waals surface area contributed by atoms with Crippen molar-refractivity contribution in [3.63, 3.8) is 0 Å². The average Bonchev–Trinajstić information content (AvgIpc) is 2.34. The molecule has 3 heteroatoms. The van der Waals surface area contributed by atoms with Crippen LogP contribution in [0, 0.1) is 17.7 Å². The van der Waals surface area contributed by atoms with E-state index in [0.29, 0.717) is 23.2 Å². The van der Waals surface area contributed by atoms with Crippen LogP contribution < -0.4 is 4.90 Å². The topological polar surface area (TPSA) is 3.24 Å². The number of rotatable bonds is 2. The lowest BCUT2D eigenvalue weighted by Gasteiger charge is -2.42. The van der Waals surface area contributed by atoms with Gasteiger partial charge in [-0.05, 0) is 42.9 Å². The number of anilines is 1. The van der Waals surface area contributed by atoms with E-state index in [9.17, 15) is 4.39 Å². The van der Waals surface area contributed by atoms with Crippen LogP contribution in [0.1, 0.15) is 32.8 Å². The summed E-state index contributed by atoms with van der Waals surface area (Å²) >= 11 is 3.36. The van der Waals surface area contributed by atoms with Crippen LogP contribution in [0.25, 0.3) is 0 Å². The SMILES string of the molecule is CC1CC(C)C(C)N(c2ccc(CBr)cc2F)C1. The Morgan fingerprint density at radius 2 is 2.06 bits per heavy atom. The van der Waals surface area contributed by atoms with Crippen molar-refractivity contribution in [2.75, 3.05) is 11.4 Å². The summed E-state index contributed by atoms with van der Waals surface area (Å²) in [4.78, 5) is 2.23. The maximum absolute atomic E-state index is 14.2. The van der Waals surface area contributed by atoms with Crippen molar-refractivity contribution >= 4 is 21.6 Å². The van der Waals surface area contributed by atoms with Crippen LogP contribution in [0.2, 0.25) is 0 Å². The molecule has 3 unspecified atom stereocenters. The van der Waals surface area contributed by atoms with E-state index in [1.54, 1.807) is 6.07 Å². The van der Waals surface area contributed by atoms with Crippen molar-refractivity contribution in [1.29, 1.82) is 0 Å². The summed E-state index contributed by atoms with van der Waals surface area (Å²) in [6.45, 7) is 7.67. The summed E-state index contributed by atoms with van der Waals surface area (Å²) in [6.07, 6.45) is 1.23. The molecule has 1 aromatic carbocycles. The Hall–Kier alpha value is -0.570. The number of alkyl halides is 1. The molecule has 2 rings (SSSR count). The van der Waals surface area contributed by atoms with Crippen molar-refractivity contribution < 1.29 is 4.39 Å². The lowest BCUT2D eigenvalue weighted by Crippen LogP contribution is -2.46. The summed E-state index contributed by atoms with van der Waals surface area (Å²) in [5, 5.41) is 0.701. The highest BCUT2D eigenvalue weighted by atomic mass is 79.9. The maximum Gasteiger partial charge on any atom is 0.146 e. The average molecular weight is 314 g/mol. The first-order valence-electron chi connectivity index (χ1n) is 6.64. The van der Waals surface area contributed by atoms with Gasteiger partial charge in [0.25, 0.3) is 0 Å². The summed E-state index contributed by atoms with van der Waals surface area (Å²) in [5.74, 6) is 1.15. The molecule has 1 fully saturated rings. The van der Waals surface area contributed by atoms with Gasteiger partial charge in [0.05, 0.1) is 5.69 Å². The fourth-order valence-electron chi connectivity index (χ4n) is 2.90. The van der Waals surface area contributed by atoms with Gasteiger partial charge in [-0.25, -0.2) is 4.39 Å². The van der Waals surface area contributed by atoms with E-state index in [1.165, 1.54) is 6.42 Å². The zero-order valence-corrected chi connectivity index (χ0v) is 12.9. The molecule has 1 heterocycles. The maximum atomic E-state index is 14.2. The van der Waals surface area contributed by atoms with E-state index in [0.717, 1.165) is 17.8 Å². The second-order valence-corrected chi connectivity index (χ2v) is 6.19. The Morgan fingerprint density at radius 3 is 2.67 bits per heavy atom. The summed E-state index contributed by atoms with van der Waals surface area (Å²) < 4.78 is 14.2. The number of halogens is 2. The van der Waals surface area contributed by atoms with Crippen LogP contribution in [0.4, 0.5) is 10.1 Å². The van der Waals surface area contributed by atoms with Gasteiger partial charge in [-0.1, -0.05) is 35.8 Å². The summed E-state index contributed by atoms with van der Waals surface area (Å²) in [7, 11) is 0. The Labute approximate surface area is 118 Å². The second-order valence-electron chi connectivity index (χ2n) is 5.63. The summed E-state index contributed by atoms with van der Waals surface area (Å²) in [5.41, 5.74) is 1.74. The van der Waals surface area contributed by atoms with Crippen molar-refractivity contribution in [1.82, 2.24) is 0 Å². The van der Waals surface area contributed by atoms with Gasteiger partial charge in [-0.15, -0.1) is 0 Å². The van der Waals surface area contributed by atoms with Gasteiger partial charge in [0.1, 0.15) is 5.82 Å². The van der Waals surface area contributed by atoms with Gasteiger partial charge >= 0.3 is 0 Å². The van der Waals surface area contributed by atoms with Gasteiger partial charge in [-0.2, -0.15) is 0 Å². The van der Waals surface area contributed by atoms with E-state index in [2.05, 4.69) is 41.6 Å². The molecular formula is C15H21BrFN. The van der Waals surface area contributed by atoms with Crippen LogP contribution in [-0.4, -0.2) is 12.6 Å². The molecule has 0 aliphatic carbocycles. The standard InChI is InChI=1S/C15H21BrFN/c1-10-6-11(2)12(3)18(9-10)15-5-4-13(8-16)7-14(15)17/h4-5,7,10-12H,6,8-9H2,1-3H3. The third-order valence-corrected chi connectivity index (χ3v) is 4.72. The quantitative estimate of drug-likeness (QED) is 0.722. The number of hydrogen-bond donors (Lipinski definition) is 0. The molecule has 3 atom stereocenters. The minimum absolute atomic E-state index is 0.0971. The highest BCUT2D eigenvalue weighted by Gasteiger charge is 2.30. The molecule has 0 radical (unpaired) electrons. The van der Waals surface area contributed by atoms with Crippen molar-refractivity contribution in [2.45, 2.75) is 38.6 Å². The zero-order chi connectivity index (χ0) is 13.3. The number of piperidine rings is 1. The van der Waals surface area contributed by atoms with Gasteiger partial charge in [0, 0.05) is 17.9 Å². The minimum Gasteiger partial charge on any atom is -0.366 e. The van der Waals surface area contributed by atoms with Gasteiger partial charge < -0.3 is 4.90 Å². The molecule has 0 amide bonds. The smallest absolute Gasteiger partial charge is 0.146 e. The molecule has 1 saturated heterocycles. The van der Waals surface area contributed by atoms with Crippen molar-refractivity contribution in [2.24, 2.45) is 11.8 Å². The first kappa shape index (κ1) is 13.9. The minimum atomic E-state index is -0.0971. The molecule has 0 saturated carbocycles. The third-order valence-electron chi connectivity index (χ3n) is 4.07. The van der Waals surface area contributed by atoms with Crippen LogP contribution in [0.5, 0.6) is 0 Å². The van der Waals surface area contributed by atoms with E-state index in [-0.39, 0.29) is 5.82 Å². The predicted octanol–water partition coefficient (Wildman–Crippen LogP) is 4.59. The number of nitrogens with zero attached hydrogens (tertiary/aromatic N) is 1. The van der Waals surface area contributed by atoms with Crippen molar-refractivity contribution in [3.8, 4) is 0 Å². The fourth-order valence-corrected chi connectivity index (χ4v) is 3.25. The largest absolute Gasteiger partial charge is 0.366 e. The molecule has 0 aromatic heterocycles. The fraction of sp³-hybridized carbons (Fsp3) is 0.600. The molecule has 1 aliphatic heterocycles. The Bertz CT molecular complexity index is 421. The Kier molecular flexibility index (Phi) is 4.31. The molecule has 1 nitrogen and oxygen atoms in total. The first-order chi connectivity index (χ1) is 8.52. The molecule has 0 bridgehead atoms. The van der Waals surface area contributed by atoms with E-state index >= 15 is 0 Å². The molecule has 1 aliphatic rings. The Morgan fingerprint density at radius 1 is 1.33 bits per heavy atom. The highest BCUT2D eigenvalue weighted by molar-refractivity contribution is 9.08. The van der Waals surface area contributed by atoms with Crippen molar-refractivity contribution in [3.05, 3.63) is 29.6 Å². The summed E-state index contributed by atoms with van der Waals surface area (Å²) in [6, 6.07) is 5.98. The second kappa shape index (κ2) is 5.60. The molecular weight excluding hydrogens is 293 g/mol. The van der Waals surface area contributed by atoms with Gasteiger partial charge in [0.2, 0.25) is 0 Å². The predicted molar refractivity (Wildman–Crippen MR) is 78.8 cm³/mol. The molecule has 0 N–H and O–H groups in total. The molecule has 18 heavy (non-hydrogen) atoms. The lowest BCUT2D eigenvalue weighted by atomic mass is 9.85. The Balaban J connectivity index is 2.29. The number of hydrogen-bond acceptors (Lipinski definition) is 1. The first-order valence-corrected chi connectivity index (χ1v) is 7.76. The van der Waals surface area contributed by atoms with Crippen LogP contribution >= 0.6 is 15.9 Å². The third kappa shape index (κ3) is 2.71. The van der Waals surface area contributed by atoms with Gasteiger partial charge in [-0.3, -0.25) is 0 Å². The van der Waals surface area contributed by atoms with Gasteiger partial charge in [0.15, 0.2) is 0 Å². The van der Waals surface area contributed by atoms with Crippen LogP contribution in [0.15, 0.2) is 18.2 Å². The normalized spacial score (nSPS) is 28.5. The van der Waals surface area contributed by atoms with E-state index in [1.807, 2.05) is 12.1 Å². The molecule has 1 aromatic rings. The van der Waals surface area contributed by atoms with E-state index < -0.39 is 0 Å². The number of benzene rings is 1. The monoisotopic (exact) mass is 313 g/mol. The molecule has 0 spiro atoms. The molecule has 100 valence electrons. The lowest BCUT2D eigenvalue weighted by molar-refractivity contribution is 0.295. The zero-order valence-electron chi connectivity index (χ0n) is 11.3. The van der Waals surface area contributed by atoms with E-state index in [4.69, 9.17) is 0 Å².